The van der Waals surface area contributed by atoms with Crippen molar-refractivity contribution in [2.24, 2.45) is 0 Å². The van der Waals surface area contributed by atoms with Crippen LogP contribution >= 0.6 is 0 Å². The Bertz CT molecular complexity index is 360. The number of carboxylic acid groups (broad SMARTS) is 1. The third-order valence-corrected chi connectivity index (χ3v) is 3.45. The molecule has 1 saturated heterocycles. The molecule has 114 valence electrons. The molecule has 0 aliphatic carbocycles. The number of aliphatic carboxylic acids is 1. The largest absolute Gasteiger partial charge is 0.480 e. The fraction of sp³-hybridized carbons (Fsp3) is 0.769. The number of nitrogens with one attached hydrogen (secondary N) is 2. The van der Waals surface area contributed by atoms with Crippen LogP contribution in [0.1, 0.15) is 39.0 Å². The Hall–Kier alpha value is -1.79. The van der Waals surface area contributed by atoms with Gasteiger partial charge in [-0.05, 0) is 19.3 Å². The molecule has 7 heteroatoms. The van der Waals surface area contributed by atoms with E-state index in [0.717, 1.165) is 32.1 Å². The van der Waals surface area contributed by atoms with E-state index in [1.807, 2.05) is 0 Å². The van der Waals surface area contributed by atoms with Crippen molar-refractivity contribution in [3.63, 3.8) is 0 Å². The second kappa shape index (κ2) is 8.39. The molecule has 7 nitrogen and oxygen atoms in total. The number of hydrogen-bond acceptors (Lipinski definition) is 3. The molecule has 0 bridgehead atoms. The molecule has 1 aliphatic heterocycles. The van der Waals surface area contributed by atoms with Gasteiger partial charge in [-0.1, -0.05) is 19.8 Å². The Morgan fingerprint density at radius 3 is 2.55 bits per heavy atom. The van der Waals surface area contributed by atoms with Gasteiger partial charge < -0.3 is 20.6 Å². The zero-order valence-electron chi connectivity index (χ0n) is 11.9. The van der Waals surface area contributed by atoms with Gasteiger partial charge in [0, 0.05) is 12.6 Å². The van der Waals surface area contributed by atoms with Crippen molar-refractivity contribution in [3.05, 3.63) is 0 Å². The first-order valence-corrected chi connectivity index (χ1v) is 7.07. The first-order chi connectivity index (χ1) is 9.54. The summed E-state index contributed by atoms with van der Waals surface area (Å²) >= 11 is 0. The van der Waals surface area contributed by atoms with Crippen molar-refractivity contribution in [1.82, 2.24) is 15.5 Å². The average Bonchev–Trinajstić information content (AvgIpc) is 2.67. The molecule has 0 aromatic heterocycles. The van der Waals surface area contributed by atoms with Gasteiger partial charge in [-0.15, -0.1) is 0 Å². The lowest BCUT2D eigenvalue weighted by Gasteiger charge is -2.29. The zero-order chi connectivity index (χ0) is 15.0. The van der Waals surface area contributed by atoms with E-state index in [9.17, 15) is 14.4 Å². The van der Waals surface area contributed by atoms with Gasteiger partial charge in [0.05, 0.1) is 6.54 Å². The van der Waals surface area contributed by atoms with Crippen LogP contribution in [-0.2, 0) is 9.59 Å². The van der Waals surface area contributed by atoms with Gasteiger partial charge in [0.25, 0.3) is 0 Å². The van der Waals surface area contributed by atoms with E-state index in [0.29, 0.717) is 6.54 Å². The molecule has 1 atom stereocenters. The van der Waals surface area contributed by atoms with Crippen LogP contribution in [0.15, 0.2) is 0 Å². The monoisotopic (exact) mass is 285 g/mol. The molecular formula is C13H23N3O4. The smallest absolute Gasteiger partial charge is 0.322 e. The van der Waals surface area contributed by atoms with E-state index >= 15 is 0 Å². The van der Waals surface area contributed by atoms with Gasteiger partial charge in [-0.2, -0.15) is 0 Å². The van der Waals surface area contributed by atoms with Crippen LogP contribution in [0.2, 0.25) is 0 Å². The molecule has 1 fully saturated rings. The maximum absolute atomic E-state index is 12.1. The van der Waals surface area contributed by atoms with Crippen LogP contribution in [-0.4, -0.2) is 53.6 Å². The quantitative estimate of drug-likeness (QED) is 0.687. The van der Waals surface area contributed by atoms with Gasteiger partial charge in [-0.3, -0.25) is 9.59 Å². The standard InChI is InChI=1S/C13H23N3O4/c1-2-10-6-4-3-5-7-16(10)13(20)15-8-11(17)14-9-12(18)19/h10H,2-9H2,1H3,(H,14,17)(H,15,20)(H,18,19). The number of nitrogens with zero attached hydrogens (tertiary/aromatic N) is 1. The van der Waals surface area contributed by atoms with Crippen LogP contribution in [0.4, 0.5) is 4.79 Å². The third-order valence-electron chi connectivity index (χ3n) is 3.45. The van der Waals surface area contributed by atoms with Gasteiger partial charge >= 0.3 is 12.0 Å². The number of carbonyl (C=O) groups is 3. The van der Waals surface area contributed by atoms with Crippen molar-refractivity contribution in [2.75, 3.05) is 19.6 Å². The number of rotatable bonds is 5. The Balaban J connectivity index is 2.39. The average molecular weight is 285 g/mol. The van der Waals surface area contributed by atoms with Gasteiger partial charge in [-0.25, -0.2) is 4.79 Å². The predicted molar refractivity (Wildman–Crippen MR) is 73.3 cm³/mol. The molecule has 0 spiro atoms. The highest BCUT2D eigenvalue weighted by atomic mass is 16.4. The highest BCUT2D eigenvalue weighted by Crippen LogP contribution is 2.18. The summed E-state index contributed by atoms with van der Waals surface area (Å²) < 4.78 is 0. The highest BCUT2D eigenvalue weighted by molar-refractivity contribution is 5.86. The molecule has 1 heterocycles. The molecule has 1 rings (SSSR count). The summed E-state index contributed by atoms with van der Waals surface area (Å²) in [5.74, 6) is -1.60. The van der Waals surface area contributed by atoms with Gasteiger partial charge in [0.2, 0.25) is 5.91 Å². The highest BCUT2D eigenvalue weighted by Gasteiger charge is 2.24. The molecule has 1 aliphatic rings. The molecule has 3 N–H and O–H groups in total. The molecule has 1 unspecified atom stereocenters. The van der Waals surface area contributed by atoms with Crippen molar-refractivity contribution in [2.45, 2.75) is 45.1 Å². The maximum atomic E-state index is 12.1. The summed E-state index contributed by atoms with van der Waals surface area (Å²) in [4.78, 5) is 35.5. The number of urea groups is 1. The van der Waals surface area contributed by atoms with E-state index in [4.69, 9.17) is 5.11 Å². The fourth-order valence-electron chi connectivity index (χ4n) is 2.36. The predicted octanol–water partition coefficient (Wildman–Crippen LogP) is 0.551. The minimum absolute atomic E-state index is 0.195. The van der Waals surface area contributed by atoms with Crippen LogP contribution in [0, 0.1) is 0 Å². The van der Waals surface area contributed by atoms with Crippen LogP contribution in [0.5, 0.6) is 0 Å². The molecule has 0 saturated carbocycles. The topological polar surface area (TPSA) is 98.7 Å². The minimum Gasteiger partial charge on any atom is -0.480 e. The Morgan fingerprint density at radius 1 is 1.15 bits per heavy atom. The fourth-order valence-corrected chi connectivity index (χ4v) is 2.36. The minimum atomic E-state index is -1.11. The second-order valence-electron chi connectivity index (χ2n) is 4.93. The molecule has 3 amide bonds. The number of likely N-dealkylation sites (tertiary alicyclic amines) is 1. The van der Waals surface area contributed by atoms with Crippen LogP contribution in [0.3, 0.4) is 0 Å². The summed E-state index contributed by atoms with van der Waals surface area (Å²) in [6, 6.07) is -0.0243. The lowest BCUT2D eigenvalue weighted by atomic mass is 10.1. The van der Waals surface area contributed by atoms with Gasteiger partial charge in [0.1, 0.15) is 6.54 Å². The summed E-state index contributed by atoms with van der Waals surface area (Å²) in [5, 5.41) is 13.2. The molecule has 20 heavy (non-hydrogen) atoms. The first-order valence-electron chi connectivity index (χ1n) is 7.07. The molecule has 0 aromatic rings. The number of amides is 3. The SMILES string of the molecule is CCC1CCCCCN1C(=O)NCC(=O)NCC(=O)O. The molecule has 0 aromatic carbocycles. The van der Waals surface area contributed by atoms with E-state index in [1.54, 1.807) is 4.90 Å². The Labute approximate surface area is 118 Å². The lowest BCUT2D eigenvalue weighted by Crippen LogP contribution is -2.48. The van der Waals surface area contributed by atoms with E-state index in [1.165, 1.54) is 0 Å². The normalized spacial score (nSPS) is 19.1. The maximum Gasteiger partial charge on any atom is 0.322 e. The molecular weight excluding hydrogens is 262 g/mol. The van der Waals surface area contributed by atoms with Crippen LogP contribution in [0.25, 0.3) is 0 Å². The van der Waals surface area contributed by atoms with E-state index in [-0.39, 0.29) is 18.6 Å². The number of hydrogen-bond donors (Lipinski definition) is 3. The summed E-state index contributed by atoms with van der Waals surface area (Å²) in [7, 11) is 0. The van der Waals surface area contributed by atoms with E-state index < -0.39 is 18.4 Å². The first kappa shape index (κ1) is 16.3. The number of carboxylic acids is 1. The lowest BCUT2D eigenvalue weighted by molar-refractivity contribution is -0.137. The summed E-state index contributed by atoms with van der Waals surface area (Å²) in [6.45, 7) is 2.13. The number of carbonyl (C=O) groups excluding carboxylic acids is 2. The van der Waals surface area contributed by atoms with Crippen molar-refractivity contribution in [1.29, 1.82) is 0 Å². The van der Waals surface area contributed by atoms with Crippen molar-refractivity contribution < 1.29 is 19.5 Å². The van der Waals surface area contributed by atoms with E-state index in [2.05, 4.69) is 17.6 Å². The molecule has 0 radical (unpaired) electrons. The second-order valence-corrected chi connectivity index (χ2v) is 4.93. The van der Waals surface area contributed by atoms with Crippen molar-refractivity contribution in [3.8, 4) is 0 Å². The zero-order valence-corrected chi connectivity index (χ0v) is 11.9. The Morgan fingerprint density at radius 2 is 1.90 bits per heavy atom. The third kappa shape index (κ3) is 5.46. The summed E-state index contributed by atoms with van der Waals surface area (Å²) in [5.41, 5.74) is 0. The Kier molecular flexibility index (Phi) is 6.83. The van der Waals surface area contributed by atoms with Crippen LogP contribution < -0.4 is 10.6 Å². The summed E-state index contributed by atoms with van der Waals surface area (Å²) in [6.07, 6.45) is 5.13. The van der Waals surface area contributed by atoms with Crippen molar-refractivity contribution >= 4 is 17.9 Å². The van der Waals surface area contributed by atoms with Gasteiger partial charge in [0.15, 0.2) is 0 Å².